The van der Waals surface area contributed by atoms with Crippen molar-refractivity contribution in [3.05, 3.63) is 65.2 Å². The van der Waals surface area contributed by atoms with Gasteiger partial charge in [0.25, 0.3) is 11.8 Å². The Morgan fingerprint density at radius 3 is 2.07 bits per heavy atom. The van der Waals surface area contributed by atoms with Gasteiger partial charge < -0.3 is 15.5 Å². The summed E-state index contributed by atoms with van der Waals surface area (Å²) in [5, 5.41) is 5.35. The third-order valence-corrected chi connectivity index (χ3v) is 3.58. The zero-order chi connectivity index (χ0) is 19.8. The van der Waals surface area contributed by atoms with Crippen molar-refractivity contribution in [1.82, 2.24) is 10.2 Å². The van der Waals surface area contributed by atoms with Crippen LogP contribution in [0.25, 0.3) is 0 Å². The fourth-order valence-electron chi connectivity index (χ4n) is 2.24. The lowest BCUT2D eigenvalue weighted by molar-refractivity contribution is -0.114. The summed E-state index contributed by atoms with van der Waals surface area (Å²) in [5.74, 6) is 5.34. The van der Waals surface area contributed by atoms with E-state index in [1.165, 1.54) is 11.8 Å². The van der Waals surface area contributed by atoms with Crippen LogP contribution in [0.4, 0.5) is 5.69 Å². The summed E-state index contributed by atoms with van der Waals surface area (Å²) in [6, 6.07) is 13.6. The van der Waals surface area contributed by atoms with Gasteiger partial charge in [-0.3, -0.25) is 14.4 Å². The Balaban J connectivity index is 1.88. The van der Waals surface area contributed by atoms with Gasteiger partial charge in [-0.1, -0.05) is 11.8 Å². The average Bonchev–Trinajstić information content (AvgIpc) is 2.65. The molecule has 138 valence electrons. The molecular formula is C21H21N3O3. The minimum Gasteiger partial charge on any atom is -0.345 e. The number of anilines is 1. The molecule has 0 radical (unpaired) electrons. The van der Waals surface area contributed by atoms with Crippen LogP contribution in [0.3, 0.4) is 0 Å². The lowest BCUT2D eigenvalue weighted by Gasteiger charge is -2.09. The van der Waals surface area contributed by atoms with Crippen LogP contribution in [0.2, 0.25) is 0 Å². The molecule has 6 nitrogen and oxygen atoms in total. The smallest absolute Gasteiger partial charge is 0.253 e. The molecule has 0 aliphatic carbocycles. The van der Waals surface area contributed by atoms with Gasteiger partial charge in [-0.25, -0.2) is 0 Å². The van der Waals surface area contributed by atoms with E-state index in [2.05, 4.69) is 22.5 Å². The number of hydrogen-bond acceptors (Lipinski definition) is 3. The van der Waals surface area contributed by atoms with Crippen molar-refractivity contribution in [3.8, 4) is 11.8 Å². The Morgan fingerprint density at radius 2 is 1.52 bits per heavy atom. The van der Waals surface area contributed by atoms with E-state index >= 15 is 0 Å². The van der Waals surface area contributed by atoms with Crippen molar-refractivity contribution in [2.45, 2.75) is 6.92 Å². The van der Waals surface area contributed by atoms with E-state index < -0.39 is 0 Å². The first kappa shape index (κ1) is 19.7. The highest BCUT2D eigenvalue weighted by Crippen LogP contribution is 2.09. The number of nitrogens with one attached hydrogen (secondary N) is 2. The fraction of sp³-hybridized carbons (Fsp3) is 0.190. The zero-order valence-corrected chi connectivity index (χ0v) is 15.5. The molecule has 0 unspecified atom stereocenters. The Morgan fingerprint density at radius 1 is 0.926 bits per heavy atom. The Kier molecular flexibility index (Phi) is 6.73. The van der Waals surface area contributed by atoms with Gasteiger partial charge in [0.15, 0.2) is 0 Å². The zero-order valence-electron chi connectivity index (χ0n) is 15.5. The largest absolute Gasteiger partial charge is 0.345 e. The third kappa shape index (κ3) is 6.01. The molecule has 0 heterocycles. The van der Waals surface area contributed by atoms with Crippen molar-refractivity contribution in [3.63, 3.8) is 0 Å². The maximum Gasteiger partial charge on any atom is 0.253 e. The maximum atomic E-state index is 12.1. The summed E-state index contributed by atoms with van der Waals surface area (Å²) < 4.78 is 0. The van der Waals surface area contributed by atoms with Gasteiger partial charge in [-0.15, -0.1) is 0 Å². The number of carbonyl (C=O) groups is 3. The second-order valence-electron chi connectivity index (χ2n) is 6.02. The van der Waals surface area contributed by atoms with Crippen molar-refractivity contribution in [2.24, 2.45) is 0 Å². The van der Waals surface area contributed by atoms with Crippen LogP contribution in [-0.4, -0.2) is 43.3 Å². The molecule has 0 saturated carbocycles. The Hall–Kier alpha value is -3.59. The summed E-state index contributed by atoms with van der Waals surface area (Å²) in [6.45, 7) is 1.62. The molecule has 0 spiro atoms. The van der Waals surface area contributed by atoms with E-state index in [1.54, 1.807) is 62.6 Å². The van der Waals surface area contributed by atoms with Crippen LogP contribution in [0.5, 0.6) is 0 Å². The molecule has 27 heavy (non-hydrogen) atoms. The van der Waals surface area contributed by atoms with Gasteiger partial charge >= 0.3 is 0 Å². The average molecular weight is 363 g/mol. The van der Waals surface area contributed by atoms with E-state index in [4.69, 9.17) is 0 Å². The molecule has 2 N–H and O–H groups in total. The molecule has 0 aliphatic rings. The lowest BCUT2D eigenvalue weighted by Crippen LogP contribution is -2.23. The molecule has 6 heteroatoms. The first-order valence-electron chi connectivity index (χ1n) is 8.33. The summed E-state index contributed by atoms with van der Waals surface area (Å²) in [6.07, 6.45) is 0. The minimum absolute atomic E-state index is 0.0636. The van der Waals surface area contributed by atoms with E-state index in [1.807, 2.05) is 0 Å². The van der Waals surface area contributed by atoms with Crippen LogP contribution in [0, 0.1) is 11.8 Å². The summed E-state index contributed by atoms with van der Waals surface area (Å²) in [4.78, 5) is 36.4. The number of nitrogens with zero attached hydrogens (tertiary/aromatic N) is 1. The molecule has 0 atom stereocenters. The summed E-state index contributed by atoms with van der Waals surface area (Å²) in [7, 11) is 3.40. The van der Waals surface area contributed by atoms with Crippen LogP contribution in [-0.2, 0) is 4.79 Å². The first-order valence-corrected chi connectivity index (χ1v) is 8.33. The third-order valence-electron chi connectivity index (χ3n) is 3.58. The van der Waals surface area contributed by atoms with Crippen LogP contribution >= 0.6 is 0 Å². The predicted octanol–water partition coefficient (Wildman–Crippen LogP) is 2.13. The van der Waals surface area contributed by atoms with Crippen LogP contribution < -0.4 is 10.6 Å². The number of hydrogen-bond donors (Lipinski definition) is 2. The van der Waals surface area contributed by atoms with Gasteiger partial charge in [0, 0.05) is 43.4 Å². The molecule has 3 amide bonds. The molecule has 0 bridgehead atoms. The topological polar surface area (TPSA) is 78.5 Å². The Bertz CT molecular complexity index is 889. The standard InChI is InChI=1S/C21H21N3O3/c1-15(25)23-19-12-10-17(11-13-19)20(26)22-14-4-5-16-6-8-18(9-7-16)21(27)24(2)3/h6-13H,14H2,1-3H3,(H,22,26)(H,23,25). The summed E-state index contributed by atoms with van der Waals surface area (Å²) in [5.41, 5.74) is 2.48. The predicted molar refractivity (Wildman–Crippen MR) is 104 cm³/mol. The van der Waals surface area contributed by atoms with Crippen molar-refractivity contribution < 1.29 is 14.4 Å². The quantitative estimate of drug-likeness (QED) is 0.817. The van der Waals surface area contributed by atoms with Gasteiger partial charge in [-0.2, -0.15) is 0 Å². The van der Waals surface area contributed by atoms with Gasteiger partial charge in [0.1, 0.15) is 0 Å². The van der Waals surface area contributed by atoms with Gasteiger partial charge in [-0.05, 0) is 48.5 Å². The van der Waals surface area contributed by atoms with E-state index in [-0.39, 0.29) is 24.3 Å². The molecule has 0 aliphatic heterocycles. The van der Waals surface area contributed by atoms with E-state index in [9.17, 15) is 14.4 Å². The number of carbonyl (C=O) groups excluding carboxylic acids is 3. The van der Waals surface area contributed by atoms with Crippen LogP contribution in [0.15, 0.2) is 48.5 Å². The van der Waals surface area contributed by atoms with Gasteiger partial charge in [0.2, 0.25) is 5.91 Å². The SMILES string of the molecule is CC(=O)Nc1ccc(C(=O)NCC#Cc2ccc(C(=O)N(C)C)cc2)cc1. The molecular weight excluding hydrogens is 342 g/mol. The van der Waals surface area contributed by atoms with Crippen molar-refractivity contribution in [2.75, 3.05) is 26.0 Å². The molecule has 0 aromatic heterocycles. The monoisotopic (exact) mass is 363 g/mol. The van der Waals surface area contributed by atoms with Crippen molar-refractivity contribution >= 4 is 23.4 Å². The molecule has 2 aromatic carbocycles. The van der Waals surface area contributed by atoms with E-state index in [0.717, 1.165) is 5.56 Å². The first-order chi connectivity index (χ1) is 12.9. The lowest BCUT2D eigenvalue weighted by atomic mass is 10.1. The highest BCUT2D eigenvalue weighted by Gasteiger charge is 2.06. The normalized spacial score (nSPS) is 9.59. The number of rotatable bonds is 4. The highest BCUT2D eigenvalue weighted by atomic mass is 16.2. The van der Waals surface area contributed by atoms with Gasteiger partial charge in [0.05, 0.1) is 6.54 Å². The van der Waals surface area contributed by atoms with E-state index in [0.29, 0.717) is 16.8 Å². The maximum absolute atomic E-state index is 12.1. The molecule has 0 saturated heterocycles. The second-order valence-corrected chi connectivity index (χ2v) is 6.02. The Labute approximate surface area is 158 Å². The molecule has 2 rings (SSSR count). The molecule has 0 fully saturated rings. The number of amides is 3. The van der Waals surface area contributed by atoms with Crippen molar-refractivity contribution in [1.29, 1.82) is 0 Å². The van der Waals surface area contributed by atoms with Crippen LogP contribution in [0.1, 0.15) is 33.2 Å². The minimum atomic E-state index is -0.245. The summed E-state index contributed by atoms with van der Waals surface area (Å²) >= 11 is 0. The molecule has 2 aromatic rings. The number of benzene rings is 2. The highest BCUT2D eigenvalue weighted by molar-refractivity contribution is 5.95. The fourth-order valence-corrected chi connectivity index (χ4v) is 2.24. The second kappa shape index (κ2) is 9.20.